The molecule has 12 unspecified atom stereocenters. The molecular weight excluding hydrogens is 1740 g/mol. The van der Waals surface area contributed by atoms with Gasteiger partial charge in [-0.15, -0.1) is 0 Å². The van der Waals surface area contributed by atoms with Gasteiger partial charge in [0.25, 0.3) is 11.5 Å². The first kappa shape index (κ1) is 110. The largest absolute Gasteiger partial charge is 0.458 e. The van der Waals surface area contributed by atoms with E-state index in [9.17, 15) is 105 Å². The summed E-state index contributed by atoms with van der Waals surface area (Å²) in [6.07, 6.45) is -13.1. The number of aliphatic hydroxyl groups is 14. The first-order valence-corrected chi connectivity index (χ1v) is 43.4. The molecule has 0 bridgehead atoms. The van der Waals surface area contributed by atoms with Crippen molar-refractivity contribution in [1.29, 1.82) is 0 Å². The molecule has 24 N–H and O–H groups in total. The van der Waals surface area contributed by atoms with Gasteiger partial charge in [0.05, 0.1) is 193 Å². The van der Waals surface area contributed by atoms with Crippen LogP contribution < -0.4 is 48.9 Å². The van der Waals surface area contributed by atoms with Crippen LogP contribution in [0.2, 0.25) is 0 Å². The number of nitrogens with zero attached hydrogens (tertiary/aromatic N) is 2. The molecular formula is C85H131FN10O35. The molecule has 7 amide bonds. The Kier molecular flexibility index (Phi) is 47.4. The second-order valence-corrected chi connectivity index (χ2v) is 32.7. The van der Waals surface area contributed by atoms with Gasteiger partial charge >= 0.3 is 18.1 Å². The van der Waals surface area contributed by atoms with Crippen LogP contribution in [-0.2, 0) is 117 Å². The molecule has 3 aliphatic rings. The highest BCUT2D eigenvalue weighted by Gasteiger charge is 2.46. The summed E-state index contributed by atoms with van der Waals surface area (Å²) in [4.78, 5) is 111. The Morgan fingerprint density at radius 3 is 1.48 bits per heavy atom. The quantitative estimate of drug-likeness (QED) is 0.0128. The molecule has 7 rings (SSSR count). The maximum atomic E-state index is 15.5. The number of cyclic esters (lactones) is 1. The zero-order valence-corrected chi connectivity index (χ0v) is 74.0. The van der Waals surface area contributed by atoms with Crippen molar-refractivity contribution >= 4 is 58.3 Å². The summed E-state index contributed by atoms with van der Waals surface area (Å²) < 4.78 is 85.6. The topological polar surface area (TPSA) is 682 Å². The van der Waals surface area contributed by atoms with E-state index < -0.39 is 175 Å². The molecule has 738 valence electrons. The Bertz CT molecular complexity index is 4280. The highest BCUT2D eigenvalue weighted by molar-refractivity contribution is 5.99. The van der Waals surface area contributed by atoms with E-state index in [0.717, 1.165) is 0 Å². The lowest BCUT2D eigenvalue weighted by Gasteiger charge is -2.31. The number of nitrogens with one attached hydrogen (secondary N) is 6. The molecule has 2 aromatic heterocycles. The first-order chi connectivity index (χ1) is 62.5. The number of urea groups is 1. The Balaban J connectivity index is 0.690. The third kappa shape index (κ3) is 36.4. The maximum Gasteiger partial charge on any atom is 0.407 e. The van der Waals surface area contributed by atoms with Crippen molar-refractivity contribution in [3.63, 3.8) is 0 Å². The van der Waals surface area contributed by atoms with Gasteiger partial charge in [-0.1, -0.05) is 32.9 Å². The SMILES string of the molecule is CC[C@@]1(O)C(=O)OCc2c1cc1n(c2=O)Cc2c-1nc1cc(F)c(C)c3c1c2[C@@H](NC(=O)OCc1ccc(NC(=O)[C@H](CCCNC(N)=O)NC(=O)[C@@H](NC(=O)[C@@H](N)CCCCNC(=O)C(O)COCC(O)COCC(O)COCC(O)COCC(O)COCC(O)COCC(O)COCC(O)COCC(O)COCC(O)COCC(O)COCC(O)CO)C(C)C)cc1)CC3. The lowest BCUT2D eigenvalue weighted by Crippen LogP contribution is -2.56. The number of benzene rings is 2. The number of aryl methyl sites for hydroxylation is 1. The van der Waals surface area contributed by atoms with Crippen LogP contribution in [0.4, 0.5) is 19.7 Å². The fourth-order valence-corrected chi connectivity index (χ4v) is 14.1. The van der Waals surface area contributed by atoms with Crippen LogP contribution in [0.25, 0.3) is 22.3 Å². The Hall–Kier alpha value is -8.42. The number of hydrogen-bond acceptors (Lipinski definition) is 37. The number of carbonyl (C=O) groups is 7. The van der Waals surface area contributed by atoms with E-state index in [-0.39, 0.29) is 208 Å². The lowest BCUT2D eigenvalue weighted by molar-refractivity contribution is -0.172. The number of fused-ring (bicyclic) bond motifs is 5. The van der Waals surface area contributed by atoms with E-state index in [4.69, 9.17) is 83.1 Å². The number of rotatable bonds is 66. The number of anilines is 1. The van der Waals surface area contributed by atoms with Crippen LogP contribution in [0.15, 0.2) is 41.2 Å². The second-order valence-electron chi connectivity index (χ2n) is 32.7. The highest BCUT2D eigenvalue weighted by atomic mass is 19.1. The van der Waals surface area contributed by atoms with Gasteiger partial charge in [0, 0.05) is 41.4 Å². The second kappa shape index (κ2) is 56.7. The summed E-state index contributed by atoms with van der Waals surface area (Å²) in [5, 5.41) is 158. The van der Waals surface area contributed by atoms with Crippen molar-refractivity contribution < 1.29 is 171 Å². The van der Waals surface area contributed by atoms with Gasteiger partial charge in [0.1, 0.15) is 98.3 Å². The summed E-state index contributed by atoms with van der Waals surface area (Å²) in [6, 6.07) is 4.20. The Labute approximate surface area is 755 Å². The smallest absolute Gasteiger partial charge is 0.407 e. The molecule has 46 heteroatoms. The van der Waals surface area contributed by atoms with Gasteiger partial charge in [0.2, 0.25) is 17.7 Å². The first-order valence-electron chi connectivity index (χ1n) is 43.4. The van der Waals surface area contributed by atoms with Gasteiger partial charge in [-0.25, -0.2) is 23.8 Å². The summed E-state index contributed by atoms with van der Waals surface area (Å²) in [7, 11) is 0. The summed E-state index contributed by atoms with van der Waals surface area (Å²) in [6.45, 7) is 0.329. The maximum absolute atomic E-state index is 15.5. The predicted octanol–water partition coefficient (Wildman–Crippen LogP) is -5.43. The van der Waals surface area contributed by atoms with Gasteiger partial charge < -0.3 is 181 Å². The van der Waals surface area contributed by atoms with Crippen LogP contribution in [0.1, 0.15) is 111 Å². The number of carbonyl (C=O) groups excluding carboxylic acids is 7. The lowest BCUT2D eigenvalue weighted by atomic mass is 9.81. The number of aliphatic hydroxyl groups excluding tert-OH is 13. The summed E-state index contributed by atoms with van der Waals surface area (Å²) in [5.41, 5.74) is 13.3. The number of amides is 7. The third-order valence-electron chi connectivity index (χ3n) is 21.0. The molecule has 4 aromatic rings. The number of halogens is 1. The third-order valence-corrected chi connectivity index (χ3v) is 21.0. The van der Waals surface area contributed by atoms with Crippen LogP contribution in [0, 0.1) is 18.7 Å². The molecule has 45 nitrogen and oxygen atoms in total. The van der Waals surface area contributed by atoms with E-state index >= 15 is 4.39 Å². The van der Waals surface area contributed by atoms with E-state index in [2.05, 4.69) is 31.9 Å². The zero-order chi connectivity index (χ0) is 95.9. The molecule has 17 atom stereocenters. The van der Waals surface area contributed by atoms with Gasteiger partial charge in [-0.3, -0.25) is 24.0 Å². The average molecular weight is 1870 g/mol. The van der Waals surface area contributed by atoms with Crippen molar-refractivity contribution in [3.8, 4) is 11.4 Å². The zero-order valence-electron chi connectivity index (χ0n) is 74.0. The standard InChI is InChI=1S/C85H131FN10O35/c1-5-85(118)65-19-71-76-63(21-96(71)81(114)64(65)45-130-82(85)115)74-68(16-15-62-48(4)66(86)20-70(92-76)73(62)74)94-84(117)131-23-49-11-13-50(14-12-49)91-78(111)69(10-8-18-90-83(88)116)93-80(113)75(47(2)3)95-77(110)67(87)9-6-7-17-89-79(112)72(109)46-129-44-61(108)43-128-42-60(107)41-127-40-59(106)39-126-38-58(105)37-125-36-57(104)35-124-34-56(103)33-123-32-55(102)31-122-30-54(101)29-121-28-53(100)27-120-26-52(99)25-119-24-51(98)22-97/h11-14,19-20,47,51-61,67-69,72,75,97-109,118H,5-10,15-18,21-46,87H2,1-4H3,(H,89,112)(H,91,111)(H,93,113)(H,94,117)(H,95,110)(H3,88,90,116)/t51?,52?,53?,54?,55?,56?,57?,58?,59?,60?,61?,67-,68-,69-,72?,75-,85-/m0/s1. The number of hydrogen-bond donors (Lipinski definition) is 22. The van der Waals surface area contributed by atoms with Gasteiger partial charge in [-0.05, 0) is 105 Å². The minimum Gasteiger partial charge on any atom is -0.458 e. The van der Waals surface area contributed by atoms with E-state index in [1.165, 1.54) is 10.6 Å². The Morgan fingerprint density at radius 2 is 1.03 bits per heavy atom. The van der Waals surface area contributed by atoms with Crippen molar-refractivity contribution in [1.82, 2.24) is 36.1 Å². The molecule has 4 heterocycles. The number of pyridine rings is 2. The number of unbranched alkanes of at least 4 members (excludes halogenated alkanes) is 1. The average Bonchev–Trinajstić information content (AvgIpc) is 1.57. The molecule has 0 fully saturated rings. The fraction of sp³-hybridized carbons (Fsp3) is 0.682. The number of ether oxygens (including phenoxy) is 13. The van der Waals surface area contributed by atoms with E-state index in [1.54, 1.807) is 58.0 Å². The number of alkyl carbamates (subject to hydrolysis) is 1. The van der Waals surface area contributed by atoms with Gasteiger partial charge in [0.15, 0.2) is 11.7 Å². The minimum absolute atomic E-state index is 0.0110. The number of primary amides is 1. The molecule has 0 radical (unpaired) electrons. The molecule has 131 heavy (non-hydrogen) atoms. The summed E-state index contributed by atoms with van der Waals surface area (Å²) in [5.74, 6) is -4.70. The van der Waals surface area contributed by atoms with Crippen LogP contribution in [0.3, 0.4) is 0 Å². The minimum atomic E-state index is -2.08. The molecule has 2 aliphatic heterocycles. The van der Waals surface area contributed by atoms with Gasteiger partial charge in [-0.2, -0.15) is 0 Å². The van der Waals surface area contributed by atoms with Crippen LogP contribution >= 0.6 is 0 Å². The molecule has 0 spiro atoms. The number of aromatic nitrogens is 2. The van der Waals surface area contributed by atoms with Crippen LogP contribution in [0.5, 0.6) is 0 Å². The summed E-state index contributed by atoms with van der Waals surface area (Å²) >= 11 is 0. The fourth-order valence-electron chi connectivity index (χ4n) is 14.1. The monoisotopic (exact) mass is 1870 g/mol. The Morgan fingerprint density at radius 1 is 0.573 bits per heavy atom. The number of nitrogens with two attached hydrogens (primary N) is 2. The van der Waals surface area contributed by atoms with Crippen molar-refractivity contribution in [2.75, 3.05) is 170 Å². The van der Waals surface area contributed by atoms with Crippen molar-refractivity contribution in [3.05, 3.63) is 91.5 Å². The molecule has 0 saturated carbocycles. The predicted molar refractivity (Wildman–Crippen MR) is 457 cm³/mol. The normalized spacial score (nSPS) is 18.1. The van der Waals surface area contributed by atoms with Crippen molar-refractivity contribution in [2.45, 2.75) is 202 Å². The van der Waals surface area contributed by atoms with E-state index in [0.29, 0.717) is 81.5 Å². The van der Waals surface area contributed by atoms with E-state index in [1.807, 2.05) is 0 Å². The molecule has 0 saturated heterocycles. The van der Waals surface area contributed by atoms with Crippen molar-refractivity contribution in [2.24, 2.45) is 17.4 Å². The van der Waals surface area contributed by atoms with Crippen LogP contribution in [-0.4, -0.2) is 379 Å². The molecule has 2 aromatic carbocycles. The number of esters is 1. The molecule has 1 aliphatic carbocycles. The highest BCUT2D eigenvalue weighted by Crippen LogP contribution is 2.46.